The summed E-state index contributed by atoms with van der Waals surface area (Å²) < 4.78 is 1.96. The summed E-state index contributed by atoms with van der Waals surface area (Å²) in [5.74, 6) is -0.0344. The molecule has 1 aromatic carbocycles. The fourth-order valence-corrected chi connectivity index (χ4v) is 2.47. The molecule has 19 heavy (non-hydrogen) atoms. The number of carboxylic acid groups (broad SMARTS) is 1. The molecule has 2 aromatic rings. The molecule has 100 valence electrons. The number of aryl methyl sites for hydroxylation is 2. The Morgan fingerprint density at radius 1 is 1.32 bits per heavy atom. The van der Waals surface area contributed by atoms with Crippen molar-refractivity contribution in [2.45, 2.75) is 25.0 Å². The molecule has 6 heteroatoms. The van der Waals surface area contributed by atoms with Gasteiger partial charge in [-0.1, -0.05) is 42.1 Å². The van der Waals surface area contributed by atoms with Crippen molar-refractivity contribution >= 4 is 17.7 Å². The summed E-state index contributed by atoms with van der Waals surface area (Å²) in [6.07, 6.45) is 0.875. The summed E-state index contributed by atoms with van der Waals surface area (Å²) in [7, 11) is 0. The van der Waals surface area contributed by atoms with Crippen molar-refractivity contribution < 1.29 is 9.90 Å². The van der Waals surface area contributed by atoms with Gasteiger partial charge < -0.3 is 9.67 Å². The van der Waals surface area contributed by atoms with Gasteiger partial charge in [0.05, 0.1) is 5.75 Å². The first-order valence-corrected chi connectivity index (χ1v) is 6.93. The van der Waals surface area contributed by atoms with E-state index >= 15 is 0 Å². The molecule has 0 saturated heterocycles. The standard InChI is InChI=1S/C13H15N3O2S/c1-10-14-15-13(19-9-12(17)18)16(10)8-7-11-5-3-2-4-6-11/h2-6H,7-9H2,1H3,(H,17,18). The van der Waals surface area contributed by atoms with Gasteiger partial charge in [-0.05, 0) is 18.9 Å². The molecule has 0 unspecified atom stereocenters. The number of carbonyl (C=O) groups is 1. The minimum atomic E-state index is -0.847. The van der Waals surface area contributed by atoms with Crippen LogP contribution in [-0.4, -0.2) is 31.6 Å². The average molecular weight is 277 g/mol. The highest BCUT2D eigenvalue weighted by atomic mass is 32.2. The van der Waals surface area contributed by atoms with E-state index in [0.29, 0.717) is 5.16 Å². The van der Waals surface area contributed by atoms with Gasteiger partial charge in [-0.25, -0.2) is 0 Å². The van der Waals surface area contributed by atoms with E-state index in [0.717, 1.165) is 18.8 Å². The maximum absolute atomic E-state index is 10.6. The van der Waals surface area contributed by atoms with E-state index in [4.69, 9.17) is 5.11 Å². The maximum atomic E-state index is 10.6. The number of aliphatic carboxylic acids is 1. The van der Waals surface area contributed by atoms with Gasteiger partial charge in [0.2, 0.25) is 0 Å². The number of benzene rings is 1. The molecule has 2 rings (SSSR count). The SMILES string of the molecule is Cc1nnc(SCC(=O)O)n1CCc1ccccc1. The first-order chi connectivity index (χ1) is 9.16. The van der Waals surface area contributed by atoms with Gasteiger partial charge in [-0.2, -0.15) is 0 Å². The maximum Gasteiger partial charge on any atom is 0.313 e. The minimum Gasteiger partial charge on any atom is -0.481 e. The zero-order chi connectivity index (χ0) is 13.7. The first kappa shape index (κ1) is 13.6. The number of hydrogen-bond donors (Lipinski definition) is 1. The normalized spacial score (nSPS) is 10.6. The molecule has 0 bridgehead atoms. The molecule has 1 N–H and O–H groups in total. The Morgan fingerprint density at radius 2 is 2.05 bits per heavy atom. The summed E-state index contributed by atoms with van der Waals surface area (Å²) in [4.78, 5) is 10.6. The Kier molecular flexibility index (Phi) is 4.57. The van der Waals surface area contributed by atoms with Gasteiger partial charge in [0, 0.05) is 6.54 Å². The van der Waals surface area contributed by atoms with Gasteiger partial charge in [0.1, 0.15) is 5.82 Å². The smallest absolute Gasteiger partial charge is 0.313 e. The van der Waals surface area contributed by atoms with Gasteiger partial charge in [-0.15, -0.1) is 10.2 Å². The van der Waals surface area contributed by atoms with E-state index in [1.165, 1.54) is 17.3 Å². The molecule has 0 saturated carbocycles. The number of rotatable bonds is 6. The second-order valence-corrected chi connectivity index (χ2v) is 5.04. The Balaban J connectivity index is 2.03. The van der Waals surface area contributed by atoms with Crippen LogP contribution in [-0.2, 0) is 17.8 Å². The quantitative estimate of drug-likeness (QED) is 0.818. The Morgan fingerprint density at radius 3 is 2.74 bits per heavy atom. The summed E-state index contributed by atoms with van der Waals surface area (Å²) in [6, 6.07) is 10.2. The molecule has 5 nitrogen and oxygen atoms in total. The summed E-state index contributed by atoms with van der Waals surface area (Å²) in [5.41, 5.74) is 1.24. The van der Waals surface area contributed by atoms with Gasteiger partial charge in [0.15, 0.2) is 5.16 Å². The van der Waals surface area contributed by atoms with Crippen LogP contribution in [0.3, 0.4) is 0 Å². The van der Waals surface area contributed by atoms with Crippen LogP contribution in [0.15, 0.2) is 35.5 Å². The lowest BCUT2D eigenvalue weighted by Gasteiger charge is -2.07. The molecule has 1 aromatic heterocycles. The van der Waals surface area contributed by atoms with Crippen LogP contribution in [0.5, 0.6) is 0 Å². The third kappa shape index (κ3) is 3.82. The monoisotopic (exact) mass is 277 g/mol. The minimum absolute atomic E-state index is 0.00344. The third-order valence-corrected chi connectivity index (χ3v) is 3.64. The summed E-state index contributed by atoms with van der Waals surface area (Å²) in [5, 5.41) is 17.4. The predicted molar refractivity (Wildman–Crippen MR) is 73.3 cm³/mol. The topological polar surface area (TPSA) is 68.0 Å². The molecule has 0 aliphatic rings. The van der Waals surface area contributed by atoms with Gasteiger partial charge in [0.25, 0.3) is 0 Å². The number of thioether (sulfide) groups is 1. The molecular weight excluding hydrogens is 262 g/mol. The second kappa shape index (κ2) is 6.38. The molecule has 0 amide bonds. The summed E-state index contributed by atoms with van der Waals surface area (Å²) in [6.45, 7) is 2.63. The van der Waals surface area contributed by atoms with E-state index in [2.05, 4.69) is 22.3 Å². The van der Waals surface area contributed by atoms with Crippen LogP contribution in [0, 0.1) is 6.92 Å². The average Bonchev–Trinajstić information content (AvgIpc) is 2.76. The van der Waals surface area contributed by atoms with Crippen molar-refractivity contribution in [1.29, 1.82) is 0 Å². The zero-order valence-electron chi connectivity index (χ0n) is 10.6. The summed E-state index contributed by atoms with van der Waals surface area (Å²) >= 11 is 1.20. The lowest BCUT2D eigenvalue weighted by Crippen LogP contribution is -2.07. The highest BCUT2D eigenvalue weighted by Crippen LogP contribution is 2.17. The Bertz CT molecular complexity index is 554. The third-order valence-electron chi connectivity index (χ3n) is 2.69. The molecule has 0 spiro atoms. The van der Waals surface area contributed by atoms with Crippen molar-refractivity contribution in [2.24, 2.45) is 0 Å². The van der Waals surface area contributed by atoms with E-state index in [1.54, 1.807) is 0 Å². The Labute approximate surface area is 115 Å². The fraction of sp³-hybridized carbons (Fsp3) is 0.308. The molecule has 0 radical (unpaired) electrons. The molecule has 0 aliphatic carbocycles. The molecule has 0 atom stereocenters. The van der Waals surface area contributed by atoms with Crippen LogP contribution in [0.1, 0.15) is 11.4 Å². The van der Waals surface area contributed by atoms with Crippen LogP contribution in [0.2, 0.25) is 0 Å². The second-order valence-electron chi connectivity index (χ2n) is 4.10. The van der Waals surface area contributed by atoms with Gasteiger partial charge >= 0.3 is 5.97 Å². The highest BCUT2D eigenvalue weighted by molar-refractivity contribution is 7.99. The van der Waals surface area contributed by atoms with Crippen LogP contribution >= 0.6 is 11.8 Å². The predicted octanol–water partition coefficient (Wildman–Crippen LogP) is 2.01. The van der Waals surface area contributed by atoms with E-state index < -0.39 is 5.97 Å². The van der Waals surface area contributed by atoms with E-state index in [-0.39, 0.29) is 5.75 Å². The van der Waals surface area contributed by atoms with Crippen molar-refractivity contribution in [2.75, 3.05) is 5.75 Å². The fourth-order valence-electron chi connectivity index (χ4n) is 1.74. The number of nitrogens with zero attached hydrogens (tertiary/aromatic N) is 3. The lowest BCUT2D eigenvalue weighted by atomic mass is 10.1. The van der Waals surface area contributed by atoms with Crippen molar-refractivity contribution in [3.8, 4) is 0 Å². The number of carboxylic acids is 1. The number of aromatic nitrogens is 3. The first-order valence-electron chi connectivity index (χ1n) is 5.95. The molecule has 0 aliphatic heterocycles. The Hall–Kier alpha value is -1.82. The largest absolute Gasteiger partial charge is 0.481 e. The van der Waals surface area contributed by atoms with Crippen molar-refractivity contribution in [1.82, 2.24) is 14.8 Å². The van der Waals surface area contributed by atoms with E-state index in [9.17, 15) is 4.79 Å². The van der Waals surface area contributed by atoms with Crippen LogP contribution in [0.4, 0.5) is 0 Å². The highest BCUT2D eigenvalue weighted by Gasteiger charge is 2.10. The van der Waals surface area contributed by atoms with Gasteiger partial charge in [-0.3, -0.25) is 4.79 Å². The molecular formula is C13H15N3O2S. The van der Waals surface area contributed by atoms with Crippen LogP contribution in [0.25, 0.3) is 0 Å². The molecule has 0 fully saturated rings. The molecule has 1 heterocycles. The zero-order valence-corrected chi connectivity index (χ0v) is 11.4. The van der Waals surface area contributed by atoms with Crippen LogP contribution < -0.4 is 0 Å². The van der Waals surface area contributed by atoms with Crippen molar-refractivity contribution in [3.05, 3.63) is 41.7 Å². The van der Waals surface area contributed by atoms with E-state index in [1.807, 2.05) is 29.7 Å². The lowest BCUT2D eigenvalue weighted by molar-refractivity contribution is -0.133. The van der Waals surface area contributed by atoms with Crippen molar-refractivity contribution in [3.63, 3.8) is 0 Å². The number of hydrogen-bond acceptors (Lipinski definition) is 4.